The van der Waals surface area contributed by atoms with Crippen molar-refractivity contribution in [3.63, 3.8) is 0 Å². The van der Waals surface area contributed by atoms with Gasteiger partial charge in [-0.2, -0.15) is 0 Å². The third-order valence-corrected chi connectivity index (χ3v) is 3.02. The van der Waals surface area contributed by atoms with Crippen LogP contribution in [0.4, 0.5) is 10.5 Å². The van der Waals surface area contributed by atoms with Gasteiger partial charge >= 0.3 is 12.0 Å². The molecule has 1 rings (SSSR count). The summed E-state index contributed by atoms with van der Waals surface area (Å²) < 4.78 is 0.669. The van der Waals surface area contributed by atoms with Crippen LogP contribution in [-0.4, -0.2) is 23.7 Å². The summed E-state index contributed by atoms with van der Waals surface area (Å²) in [6, 6.07) is 4.47. The van der Waals surface area contributed by atoms with Crippen LogP contribution in [0.1, 0.15) is 6.42 Å². The number of hydrogen-bond donors (Lipinski definition) is 3. The van der Waals surface area contributed by atoms with Gasteiger partial charge in [0, 0.05) is 16.7 Å². The number of urea groups is 1. The number of anilines is 1. The van der Waals surface area contributed by atoms with Crippen molar-refractivity contribution in [2.75, 3.05) is 11.9 Å². The van der Waals surface area contributed by atoms with Gasteiger partial charge in [0.25, 0.3) is 0 Å². The molecule has 92 valence electrons. The van der Waals surface area contributed by atoms with Gasteiger partial charge in [-0.15, -0.1) is 0 Å². The molecule has 0 unspecified atom stereocenters. The number of nitrogens with one attached hydrogen (secondary N) is 2. The molecular formula is C10H10BrClN2O3. The number of amides is 2. The second kappa shape index (κ2) is 6.46. The van der Waals surface area contributed by atoms with Crippen LogP contribution in [0, 0.1) is 0 Å². The maximum atomic E-state index is 11.3. The number of benzene rings is 1. The minimum absolute atomic E-state index is 0.0793. The maximum Gasteiger partial charge on any atom is 0.319 e. The lowest BCUT2D eigenvalue weighted by atomic mass is 10.3. The third kappa shape index (κ3) is 5.06. The van der Waals surface area contributed by atoms with E-state index < -0.39 is 12.0 Å². The van der Waals surface area contributed by atoms with Gasteiger partial charge in [0.1, 0.15) is 0 Å². The standard InChI is InChI=1S/C10H10BrClN2O3/c11-7-5-6(1-2-8(7)12)14-10(17)13-4-3-9(15)16/h1-2,5H,3-4H2,(H,15,16)(H2,13,14,17). The van der Waals surface area contributed by atoms with E-state index in [4.69, 9.17) is 16.7 Å². The van der Waals surface area contributed by atoms with Gasteiger partial charge in [-0.3, -0.25) is 4.79 Å². The number of carbonyl (C=O) groups is 2. The average molecular weight is 322 g/mol. The van der Waals surface area contributed by atoms with E-state index in [0.29, 0.717) is 15.2 Å². The Labute approximate surface area is 111 Å². The van der Waals surface area contributed by atoms with Gasteiger partial charge in [0.05, 0.1) is 11.4 Å². The molecule has 0 radical (unpaired) electrons. The molecule has 0 aliphatic rings. The van der Waals surface area contributed by atoms with Crippen LogP contribution < -0.4 is 10.6 Å². The summed E-state index contributed by atoms with van der Waals surface area (Å²) in [7, 11) is 0. The number of hydrogen-bond acceptors (Lipinski definition) is 2. The second-order valence-corrected chi connectivity index (χ2v) is 4.42. The highest BCUT2D eigenvalue weighted by molar-refractivity contribution is 9.10. The normalized spacial score (nSPS) is 9.76. The van der Waals surface area contributed by atoms with E-state index in [9.17, 15) is 9.59 Å². The largest absolute Gasteiger partial charge is 0.481 e. The van der Waals surface area contributed by atoms with E-state index in [-0.39, 0.29) is 13.0 Å². The molecule has 7 heteroatoms. The molecule has 2 amide bonds. The van der Waals surface area contributed by atoms with Crippen molar-refractivity contribution >= 4 is 45.2 Å². The predicted octanol–water partition coefficient (Wildman–Crippen LogP) is 2.70. The molecule has 5 nitrogen and oxygen atoms in total. The molecule has 1 aromatic rings. The first-order chi connectivity index (χ1) is 7.99. The summed E-state index contributed by atoms with van der Waals surface area (Å²) in [6.45, 7) is 0.0793. The van der Waals surface area contributed by atoms with Gasteiger partial charge in [-0.1, -0.05) is 11.6 Å². The monoisotopic (exact) mass is 320 g/mol. The van der Waals surface area contributed by atoms with Gasteiger partial charge in [-0.25, -0.2) is 4.79 Å². The number of rotatable bonds is 4. The van der Waals surface area contributed by atoms with Crippen molar-refractivity contribution in [1.82, 2.24) is 5.32 Å². The molecule has 0 fully saturated rings. The molecule has 3 N–H and O–H groups in total. The van der Waals surface area contributed by atoms with Crippen molar-refractivity contribution < 1.29 is 14.7 Å². The molecule has 0 heterocycles. The quantitative estimate of drug-likeness (QED) is 0.798. The lowest BCUT2D eigenvalue weighted by Gasteiger charge is -2.07. The molecule has 0 aromatic heterocycles. The second-order valence-electron chi connectivity index (χ2n) is 3.15. The molecule has 0 aliphatic heterocycles. The summed E-state index contributed by atoms with van der Waals surface area (Å²) >= 11 is 9.02. The highest BCUT2D eigenvalue weighted by atomic mass is 79.9. The highest BCUT2D eigenvalue weighted by Gasteiger charge is 2.04. The molecule has 0 spiro atoms. The van der Waals surface area contributed by atoms with Crippen molar-refractivity contribution in [3.05, 3.63) is 27.7 Å². The van der Waals surface area contributed by atoms with Crippen molar-refractivity contribution in [3.8, 4) is 0 Å². The summed E-state index contributed by atoms with van der Waals surface area (Å²) in [6.07, 6.45) is -0.113. The van der Waals surface area contributed by atoms with Gasteiger partial charge in [0.2, 0.25) is 0 Å². The van der Waals surface area contributed by atoms with Crippen LogP contribution >= 0.6 is 27.5 Å². The van der Waals surface area contributed by atoms with Gasteiger partial charge < -0.3 is 15.7 Å². The molecule has 0 saturated carbocycles. The zero-order valence-electron chi connectivity index (χ0n) is 8.67. The van der Waals surface area contributed by atoms with Crippen LogP contribution in [0.2, 0.25) is 5.02 Å². The third-order valence-electron chi connectivity index (χ3n) is 1.80. The SMILES string of the molecule is O=C(O)CCNC(=O)Nc1ccc(Cl)c(Br)c1. The van der Waals surface area contributed by atoms with Crippen LogP contribution in [0.15, 0.2) is 22.7 Å². The van der Waals surface area contributed by atoms with Crippen molar-refractivity contribution in [2.45, 2.75) is 6.42 Å². The van der Waals surface area contributed by atoms with Gasteiger partial charge in [-0.05, 0) is 34.1 Å². The highest BCUT2D eigenvalue weighted by Crippen LogP contribution is 2.25. The Morgan fingerprint density at radius 3 is 2.71 bits per heavy atom. The van der Waals surface area contributed by atoms with Crippen molar-refractivity contribution in [2.24, 2.45) is 0 Å². The Bertz CT molecular complexity index is 440. The lowest BCUT2D eigenvalue weighted by molar-refractivity contribution is -0.136. The van der Waals surface area contributed by atoms with E-state index in [1.54, 1.807) is 18.2 Å². The molecule has 17 heavy (non-hydrogen) atoms. The smallest absolute Gasteiger partial charge is 0.319 e. The Balaban J connectivity index is 2.45. The topological polar surface area (TPSA) is 78.4 Å². The number of halogens is 2. The van der Waals surface area contributed by atoms with E-state index in [1.165, 1.54) is 0 Å². The number of aliphatic carboxylic acids is 1. The van der Waals surface area contributed by atoms with Crippen LogP contribution in [0.25, 0.3) is 0 Å². The summed E-state index contributed by atoms with van der Waals surface area (Å²) in [4.78, 5) is 21.6. The van der Waals surface area contributed by atoms with Gasteiger partial charge in [0.15, 0.2) is 0 Å². The van der Waals surface area contributed by atoms with Crippen LogP contribution in [-0.2, 0) is 4.79 Å². The molecule has 0 atom stereocenters. The molecule has 0 bridgehead atoms. The van der Waals surface area contributed by atoms with E-state index in [0.717, 1.165) is 0 Å². The minimum Gasteiger partial charge on any atom is -0.481 e. The summed E-state index contributed by atoms with van der Waals surface area (Å²) in [5.41, 5.74) is 0.564. The zero-order valence-corrected chi connectivity index (χ0v) is 11.0. The number of carboxylic acids is 1. The van der Waals surface area contributed by atoms with Crippen LogP contribution in [0.5, 0.6) is 0 Å². The van der Waals surface area contributed by atoms with Crippen molar-refractivity contribution in [1.29, 1.82) is 0 Å². The fourth-order valence-corrected chi connectivity index (χ4v) is 1.53. The maximum absolute atomic E-state index is 11.3. The summed E-state index contributed by atoms with van der Waals surface area (Å²) in [5.74, 6) is -0.959. The lowest BCUT2D eigenvalue weighted by Crippen LogP contribution is -2.30. The Kier molecular flexibility index (Phi) is 5.24. The molecular weight excluding hydrogens is 311 g/mol. The summed E-state index contributed by atoms with van der Waals surface area (Å²) in [5, 5.41) is 13.9. The Hall–Kier alpha value is -1.27. The molecule has 0 aliphatic carbocycles. The Morgan fingerprint density at radius 1 is 1.41 bits per heavy atom. The number of carbonyl (C=O) groups excluding carboxylic acids is 1. The first kappa shape index (κ1) is 13.8. The van der Waals surface area contributed by atoms with Crippen LogP contribution in [0.3, 0.4) is 0 Å². The van der Waals surface area contributed by atoms with E-state index in [2.05, 4.69) is 26.6 Å². The predicted molar refractivity (Wildman–Crippen MR) is 68.4 cm³/mol. The van der Waals surface area contributed by atoms with E-state index >= 15 is 0 Å². The molecule has 1 aromatic carbocycles. The number of carboxylic acid groups (broad SMARTS) is 1. The fraction of sp³-hybridized carbons (Fsp3) is 0.200. The first-order valence-corrected chi connectivity index (χ1v) is 5.88. The molecule has 0 saturated heterocycles. The Morgan fingerprint density at radius 2 is 2.12 bits per heavy atom. The first-order valence-electron chi connectivity index (χ1n) is 4.70. The fourth-order valence-electron chi connectivity index (χ4n) is 1.03. The minimum atomic E-state index is -0.959. The average Bonchev–Trinajstić information content (AvgIpc) is 2.23. The van der Waals surface area contributed by atoms with E-state index in [1.807, 2.05) is 0 Å². The zero-order chi connectivity index (χ0) is 12.8.